The minimum Gasteiger partial charge on any atom is -0.497 e. The Hall–Kier alpha value is -2.00. The third-order valence-electron chi connectivity index (χ3n) is 3.77. The molecular formula is C19H25NO2. The molecule has 0 amide bonds. The predicted octanol–water partition coefficient (Wildman–Crippen LogP) is 3.81. The molecule has 118 valence electrons. The molecule has 0 aromatic heterocycles. The van der Waals surface area contributed by atoms with Crippen molar-refractivity contribution >= 4 is 0 Å². The Morgan fingerprint density at radius 1 is 0.909 bits per heavy atom. The minimum atomic E-state index is 0.456. The van der Waals surface area contributed by atoms with Crippen LogP contribution in [-0.2, 0) is 13.0 Å². The van der Waals surface area contributed by atoms with Crippen LogP contribution in [0.4, 0.5) is 0 Å². The van der Waals surface area contributed by atoms with E-state index in [0.717, 1.165) is 30.9 Å². The second-order valence-electron chi connectivity index (χ2n) is 5.53. The molecule has 3 heteroatoms. The molecule has 0 aliphatic carbocycles. The number of ether oxygens (including phenoxy) is 2. The Bertz CT molecular complexity index is 547. The van der Waals surface area contributed by atoms with Gasteiger partial charge in [0.1, 0.15) is 11.5 Å². The number of hydrogen-bond acceptors (Lipinski definition) is 3. The molecule has 0 bridgehead atoms. The molecule has 0 fully saturated rings. The molecule has 0 aliphatic heterocycles. The average Bonchev–Trinajstić information content (AvgIpc) is 2.58. The van der Waals surface area contributed by atoms with Crippen LogP contribution in [0.3, 0.4) is 0 Å². The SMILES string of the molecule is COc1cc(CN[C@H](C)CCc2ccccc2)cc(OC)c1. The molecule has 1 N–H and O–H groups in total. The molecule has 2 rings (SSSR count). The van der Waals surface area contributed by atoms with E-state index >= 15 is 0 Å². The lowest BCUT2D eigenvalue weighted by Gasteiger charge is -2.15. The molecule has 1 atom stereocenters. The highest BCUT2D eigenvalue weighted by Gasteiger charge is 2.05. The van der Waals surface area contributed by atoms with E-state index in [1.54, 1.807) is 14.2 Å². The van der Waals surface area contributed by atoms with E-state index in [0.29, 0.717) is 6.04 Å². The summed E-state index contributed by atoms with van der Waals surface area (Å²) in [6.45, 7) is 3.03. The van der Waals surface area contributed by atoms with Gasteiger partial charge in [-0.2, -0.15) is 0 Å². The van der Waals surface area contributed by atoms with Gasteiger partial charge in [0.05, 0.1) is 14.2 Å². The minimum absolute atomic E-state index is 0.456. The fourth-order valence-electron chi connectivity index (χ4n) is 2.39. The van der Waals surface area contributed by atoms with Gasteiger partial charge in [-0.3, -0.25) is 0 Å². The molecule has 0 aliphatic rings. The van der Waals surface area contributed by atoms with Crippen molar-refractivity contribution in [1.29, 1.82) is 0 Å². The fourth-order valence-corrected chi connectivity index (χ4v) is 2.39. The van der Waals surface area contributed by atoms with E-state index in [9.17, 15) is 0 Å². The lowest BCUT2D eigenvalue weighted by atomic mass is 10.1. The van der Waals surface area contributed by atoms with Crippen molar-refractivity contribution in [1.82, 2.24) is 5.32 Å². The zero-order chi connectivity index (χ0) is 15.8. The normalized spacial score (nSPS) is 12.0. The first-order valence-electron chi connectivity index (χ1n) is 7.70. The molecular weight excluding hydrogens is 274 g/mol. The number of hydrogen-bond donors (Lipinski definition) is 1. The number of nitrogens with one attached hydrogen (secondary N) is 1. The summed E-state index contributed by atoms with van der Waals surface area (Å²) in [4.78, 5) is 0. The number of aryl methyl sites for hydroxylation is 1. The van der Waals surface area contributed by atoms with Crippen LogP contribution in [0.15, 0.2) is 48.5 Å². The second kappa shape index (κ2) is 8.44. The van der Waals surface area contributed by atoms with E-state index in [2.05, 4.69) is 42.6 Å². The first-order chi connectivity index (χ1) is 10.7. The summed E-state index contributed by atoms with van der Waals surface area (Å²) in [6, 6.07) is 17.0. The smallest absolute Gasteiger partial charge is 0.122 e. The average molecular weight is 299 g/mol. The van der Waals surface area contributed by atoms with E-state index < -0.39 is 0 Å². The van der Waals surface area contributed by atoms with E-state index in [1.165, 1.54) is 11.1 Å². The van der Waals surface area contributed by atoms with Gasteiger partial charge in [0.25, 0.3) is 0 Å². The fraction of sp³-hybridized carbons (Fsp3) is 0.368. The first kappa shape index (κ1) is 16.4. The van der Waals surface area contributed by atoms with Gasteiger partial charge in [0.15, 0.2) is 0 Å². The van der Waals surface area contributed by atoms with Crippen LogP contribution in [0, 0.1) is 0 Å². The summed E-state index contributed by atoms with van der Waals surface area (Å²) >= 11 is 0. The number of rotatable bonds is 8. The van der Waals surface area contributed by atoms with Gasteiger partial charge in [0.2, 0.25) is 0 Å². The van der Waals surface area contributed by atoms with Gasteiger partial charge < -0.3 is 14.8 Å². The monoisotopic (exact) mass is 299 g/mol. The third kappa shape index (κ3) is 5.08. The summed E-state index contributed by atoms with van der Waals surface area (Å²) < 4.78 is 10.6. The molecule has 22 heavy (non-hydrogen) atoms. The van der Waals surface area contributed by atoms with Crippen LogP contribution < -0.4 is 14.8 Å². The highest BCUT2D eigenvalue weighted by atomic mass is 16.5. The summed E-state index contributed by atoms with van der Waals surface area (Å²) in [6.07, 6.45) is 2.21. The summed E-state index contributed by atoms with van der Waals surface area (Å²) in [5.41, 5.74) is 2.56. The molecule has 0 heterocycles. The predicted molar refractivity (Wildman–Crippen MR) is 90.6 cm³/mol. The second-order valence-corrected chi connectivity index (χ2v) is 5.53. The standard InChI is InChI=1S/C19H25NO2/c1-15(9-10-16-7-5-4-6-8-16)20-14-17-11-18(21-2)13-19(12-17)22-3/h4-8,11-13,15,20H,9-10,14H2,1-3H3/t15-/m1/s1. The lowest BCUT2D eigenvalue weighted by Crippen LogP contribution is -2.26. The van der Waals surface area contributed by atoms with E-state index in [4.69, 9.17) is 9.47 Å². The highest BCUT2D eigenvalue weighted by Crippen LogP contribution is 2.22. The van der Waals surface area contributed by atoms with Crippen molar-refractivity contribution < 1.29 is 9.47 Å². The van der Waals surface area contributed by atoms with Crippen LogP contribution >= 0.6 is 0 Å². The van der Waals surface area contributed by atoms with Gasteiger partial charge >= 0.3 is 0 Å². The Labute approximate surface area is 133 Å². The van der Waals surface area contributed by atoms with Crippen molar-refractivity contribution in [2.45, 2.75) is 32.4 Å². The Morgan fingerprint density at radius 2 is 1.55 bits per heavy atom. The van der Waals surface area contributed by atoms with Crippen LogP contribution in [0.5, 0.6) is 11.5 Å². The molecule has 0 radical (unpaired) electrons. The van der Waals surface area contributed by atoms with Crippen LogP contribution in [-0.4, -0.2) is 20.3 Å². The zero-order valence-corrected chi connectivity index (χ0v) is 13.6. The Balaban J connectivity index is 1.84. The number of methoxy groups -OCH3 is 2. The maximum Gasteiger partial charge on any atom is 0.122 e. The van der Waals surface area contributed by atoms with Crippen molar-refractivity contribution in [3.8, 4) is 11.5 Å². The largest absolute Gasteiger partial charge is 0.497 e. The topological polar surface area (TPSA) is 30.5 Å². The maximum absolute atomic E-state index is 5.30. The van der Waals surface area contributed by atoms with Gasteiger partial charge in [-0.15, -0.1) is 0 Å². The van der Waals surface area contributed by atoms with Crippen molar-refractivity contribution in [2.75, 3.05) is 14.2 Å². The van der Waals surface area contributed by atoms with E-state index in [1.807, 2.05) is 18.2 Å². The zero-order valence-electron chi connectivity index (χ0n) is 13.6. The third-order valence-corrected chi connectivity index (χ3v) is 3.77. The molecule has 3 nitrogen and oxygen atoms in total. The summed E-state index contributed by atoms with van der Waals surface area (Å²) in [7, 11) is 3.35. The number of benzene rings is 2. The van der Waals surface area contributed by atoms with Crippen LogP contribution in [0.1, 0.15) is 24.5 Å². The molecule has 2 aromatic rings. The first-order valence-corrected chi connectivity index (χ1v) is 7.70. The summed E-state index contributed by atoms with van der Waals surface area (Å²) in [5.74, 6) is 1.65. The highest BCUT2D eigenvalue weighted by molar-refractivity contribution is 5.38. The molecule has 0 unspecified atom stereocenters. The Morgan fingerprint density at radius 3 is 2.14 bits per heavy atom. The van der Waals surface area contributed by atoms with Crippen LogP contribution in [0.25, 0.3) is 0 Å². The van der Waals surface area contributed by atoms with Gasteiger partial charge in [-0.05, 0) is 43.0 Å². The molecule has 0 spiro atoms. The van der Waals surface area contributed by atoms with Crippen molar-refractivity contribution in [2.24, 2.45) is 0 Å². The maximum atomic E-state index is 5.30. The molecule has 0 saturated heterocycles. The quantitative estimate of drug-likeness (QED) is 0.804. The Kier molecular flexibility index (Phi) is 6.28. The van der Waals surface area contributed by atoms with Crippen LogP contribution in [0.2, 0.25) is 0 Å². The van der Waals surface area contributed by atoms with Gasteiger partial charge in [-0.1, -0.05) is 30.3 Å². The molecule has 2 aromatic carbocycles. The van der Waals surface area contributed by atoms with Gasteiger partial charge in [-0.25, -0.2) is 0 Å². The van der Waals surface area contributed by atoms with Crippen molar-refractivity contribution in [3.63, 3.8) is 0 Å². The molecule has 0 saturated carbocycles. The lowest BCUT2D eigenvalue weighted by molar-refractivity contribution is 0.392. The van der Waals surface area contributed by atoms with E-state index in [-0.39, 0.29) is 0 Å². The summed E-state index contributed by atoms with van der Waals surface area (Å²) in [5, 5.41) is 3.56. The van der Waals surface area contributed by atoms with Crippen molar-refractivity contribution in [3.05, 3.63) is 59.7 Å². The van der Waals surface area contributed by atoms with Gasteiger partial charge in [0, 0.05) is 18.7 Å².